The monoisotopic (exact) mass is 549 g/mol. The molecule has 0 spiro atoms. The average Bonchev–Trinajstić information content (AvgIpc) is 3.42. The Bertz CT molecular complexity index is 2500. The Labute approximate surface area is 246 Å². The standard InChI is InChI=1S/C38H23N5/c1-2-11-29-28(10-1)31(27-9-4-16-40-23-27)21-33-32-19-24(26-8-3-15-39-22-26)13-14-34(32)43(38(29)33)35-20-25-7-5-17-41-36(25)37-30(35)12-6-18-42-37/h1-23H. The molecule has 0 unspecified atom stereocenters. The molecular formula is C38H23N5. The van der Waals surface area contributed by atoms with Crippen LogP contribution < -0.4 is 0 Å². The molecule has 5 heteroatoms. The first-order chi connectivity index (χ1) is 21.3. The van der Waals surface area contributed by atoms with E-state index in [1.54, 1.807) is 0 Å². The maximum absolute atomic E-state index is 4.82. The van der Waals surface area contributed by atoms with Crippen LogP contribution >= 0.6 is 0 Å². The molecule has 0 fully saturated rings. The topological polar surface area (TPSA) is 56.5 Å². The highest BCUT2D eigenvalue weighted by atomic mass is 15.0. The summed E-state index contributed by atoms with van der Waals surface area (Å²) >= 11 is 0. The first kappa shape index (κ1) is 23.7. The van der Waals surface area contributed by atoms with Crippen LogP contribution in [0.5, 0.6) is 0 Å². The van der Waals surface area contributed by atoms with Crippen molar-refractivity contribution in [2.45, 2.75) is 0 Å². The van der Waals surface area contributed by atoms with Crippen molar-refractivity contribution in [3.05, 3.63) is 140 Å². The second kappa shape index (κ2) is 9.29. The van der Waals surface area contributed by atoms with Crippen LogP contribution in [0.4, 0.5) is 0 Å². The van der Waals surface area contributed by atoms with Gasteiger partial charge in [0.05, 0.1) is 27.8 Å². The third kappa shape index (κ3) is 3.58. The zero-order valence-electron chi connectivity index (χ0n) is 23.0. The SMILES string of the molecule is c1cncc(-c2ccc3c(c2)c2cc(-c4cccnc4)c4ccccc4c2n3-c2cc3cccnc3c3ncccc23)c1. The number of rotatable bonds is 3. The maximum atomic E-state index is 4.82. The largest absolute Gasteiger partial charge is 0.308 e. The molecule has 0 saturated heterocycles. The Hall–Kier alpha value is -5.94. The van der Waals surface area contributed by atoms with Gasteiger partial charge in [0.25, 0.3) is 0 Å². The number of pyridine rings is 4. The Kier molecular flexibility index (Phi) is 5.13. The first-order valence-corrected chi connectivity index (χ1v) is 14.3. The van der Waals surface area contributed by atoms with Crippen molar-refractivity contribution < 1.29 is 0 Å². The van der Waals surface area contributed by atoms with Crippen LogP contribution in [0.15, 0.2) is 140 Å². The number of fused-ring (bicyclic) bond motifs is 8. The van der Waals surface area contributed by atoms with Gasteiger partial charge in [0, 0.05) is 75.2 Å². The van der Waals surface area contributed by atoms with Gasteiger partial charge >= 0.3 is 0 Å². The van der Waals surface area contributed by atoms with E-state index in [1.807, 2.05) is 61.4 Å². The van der Waals surface area contributed by atoms with E-state index in [9.17, 15) is 0 Å². The molecule has 5 heterocycles. The van der Waals surface area contributed by atoms with Crippen molar-refractivity contribution in [1.82, 2.24) is 24.5 Å². The molecule has 0 radical (unpaired) electrons. The van der Waals surface area contributed by atoms with Gasteiger partial charge in [0.1, 0.15) is 0 Å². The number of benzene rings is 4. The third-order valence-corrected chi connectivity index (χ3v) is 8.41. The molecule has 0 aliphatic heterocycles. The van der Waals surface area contributed by atoms with Crippen LogP contribution in [-0.4, -0.2) is 24.5 Å². The summed E-state index contributed by atoms with van der Waals surface area (Å²) in [5.41, 5.74) is 9.65. The molecule has 0 bridgehead atoms. The van der Waals surface area contributed by atoms with Crippen molar-refractivity contribution >= 4 is 54.4 Å². The van der Waals surface area contributed by atoms with Gasteiger partial charge in [-0.1, -0.05) is 48.5 Å². The molecule has 0 aliphatic carbocycles. The maximum Gasteiger partial charge on any atom is 0.0985 e. The van der Waals surface area contributed by atoms with Crippen LogP contribution in [0.3, 0.4) is 0 Å². The van der Waals surface area contributed by atoms with E-state index < -0.39 is 0 Å². The van der Waals surface area contributed by atoms with Crippen molar-refractivity contribution in [1.29, 1.82) is 0 Å². The normalized spacial score (nSPS) is 11.7. The number of aromatic nitrogens is 5. The van der Waals surface area contributed by atoms with Crippen LogP contribution in [0.1, 0.15) is 0 Å². The van der Waals surface area contributed by atoms with E-state index in [2.05, 4.69) is 93.4 Å². The van der Waals surface area contributed by atoms with Gasteiger partial charge in [-0.25, -0.2) is 0 Å². The van der Waals surface area contributed by atoms with E-state index in [4.69, 9.17) is 9.97 Å². The van der Waals surface area contributed by atoms with E-state index in [-0.39, 0.29) is 0 Å². The summed E-state index contributed by atoms with van der Waals surface area (Å²) in [6, 6.07) is 36.5. The highest BCUT2D eigenvalue weighted by Gasteiger charge is 2.21. The lowest BCUT2D eigenvalue weighted by atomic mass is 9.95. The summed E-state index contributed by atoms with van der Waals surface area (Å²) in [4.78, 5) is 18.4. The fourth-order valence-corrected chi connectivity index (χ4v) is 6.54. The minimum atomic E-state index is 0.897. The third-order valence-electron chi connectivity index (χ3n) is 8.41. The molecule has 4 aromatic carbocycles. The van der Waals surface area contributed by atoms with Gasteiger partial charge < -0.3 is 4.57 Å². The van der Waals surface area contributed by atoms with Crippen LogP contribution in [-0.2, 0) is 0 Å². The molecule has 5 aromatic heterocycles. The first-order valence-electron chi connectivity index (χ1n) is 14.3. The lowest BCUT2D eigenvalue weighted by Gasteiger charge is -2.15. The van der Waals surface area contributed by atoms with Gasteiger partial charge in [-0.2, -0.15) is 0 Å². The molecular weight excluding hydrogens is 526 g/mol. The lowest BCUT2D eigenvalue weighted by molar-refractivity contribution is 1.20. The summed E-state index contributed by atoms with van der Waals surface area (Å²) in [6.07, 6.45) is 11.2. The highest BCUT2D eigenvalue weighted by molar-refractivity contribution is 6.23. The minimum Gasteiger partial charge on any atom is -0.308 e. The second-order valence-corrected chi connectivity index (χ2v) is 10.8. The summed E-state index contributed by atoms with van der Waals surface area (Å²) in [5.74, 6) is 0. The molecule has 5 nitrogen and oxygen atoms in total. The van der Waals surface area contributed by atoms with Crippen molar-refractivity contribution in [3.8, 4) is 27.9 Å². The number of hydrogen-bond donors (Lipinski definition) is 0. The molecule has 0 aliphatic rings. The lowest BCUT2D eigenvalue weighted by Crippen LogP contribution is -1.98. The smallest absolute Gasteiger partial charge is 0.0985 e. The highest BCUT2D eigenvalue weighted by Crippen LogP contribution is 2.43. The molecule has 0 atom stereocenters. The Balaban J connectivity index is 1.50. The average molecular weight is 550 g/mol. The van der Waals surface area contributed by atoms with Gasteiger partial charge in [-0.3, -0.25) is 19.9 Å². The van der Waals surface area contributed by atoms with Gasteiger partial charge in [0.2, 0.25) is 0 Å². The quantitative estimate of drug-likeness (QED) is 0.206. The number of nitrogens with zero attached hydrogens (tertiary/aromatic N) is 5. The molecule has 200 valence electrons. The van der Waals surface area contributed by atoms with Crippen LogP contribution in [0.2, 0.25) is 0 Å². The minimum absolute atomic E-state index is 0.897. The van der Waals surface area contributed by atoms with E-state index in [1.165, 1.54) is 21.5 Å². The molecule has 9 rings (SSSR count). The van der Waals surface area contributed by atoms with Crippen molar-refractivity contribution in [2.75, 3.05) is 0 Å². The molecule has 9 aromatic rings. The Morgan fingerprint density at radius 3 is 2.00 bits per heavy atom. The van der Waals surface area contributed by atoms with Crippen molar-refractivity contribution in [3.63, 3.8) is 0 Å². The van der Waals surface area contributed by atoms with Gasteiger partial charge in [-0.05, 0) is 71.1 Å². The fourth-order valence-electron chi connectivity index (χ4n) is 6.54. The van der Waals surface area contributed by atoms with Crippen molar-refractivity contribution in [2.24, 2.45) is 0 Å². The fraction of sp³-hybridized carbons (Fsp3) is 0. The summed E-state index contributed by atoms with van der Waals surface area (Å²) in [5, 5.41) is 6.84. The summed E-state index contributed by atoms with van der Waals surface area (Å²) in [7, 11) is 0. The molecule has 0 N–H and O–H groups in total. The predicted molar refractivity (Wildman–Crippen MR) is 175 cm³/mol. The van der Waals surface area contributed by atoms with E-state index >= 15 is 0 Å². The predicted octanol–water partition coefficient (Wildman–Crippen LogP) is 9.16. The van der Waals surface area contributed by atoms with Crippen LogP contribution in [0.25, 0.3) is 82.3 Å². The summed E-state index contributed by atoms with van der Waals surface area (Å²) < 4.78 is 2.42. The molecule has 0 amide bonds. The van der Waals surface area contributed by atoms with Gasteiger partial charge in [-0.15, -0.1) is 0 Å². The Morgan fingerprint density at radius 1 is 0.465 bits per heavy atom. The van der Waals surface area contributed by atoms with Gasteiger partial charge in [0.15, 0.2) is 0 Å². The van der Waals surface area contributed by atoms with Crippen LogP contribution in [0, 0.1) is 0 Å². The molecule has 0 saturated carbocycles. The van der Waals surface area contributed by atoms with E-state index in [0.29, 0.717) is 0 Å². The number of hydrogen-bond acceptors (Lipinski definition) is 4. The Morgan fingerprint density at radius 2 is 1.19 bits per heavy atom. The van der Waals surface area contributed by atoms with E-state index in [0.717, 1.165) is 60.8 Å². The zero-order chi connectivity index (χ0) is 28.3. The zero-order valence-corrected chi connectivity index (χ0v) is 23.0. The second-order valence-electron chi connectivity index (χ2n) is 10.8. The molecule has 43 heavy (non-hydrogen) atoms. The summed E-state index contributed by atoms with van der Waals surface area (Å²) in [6.45, 7) is 0.